The molecule has 0 aliphatic carbocycles. The molecule has 1 atom stereocenters. The van der Waals surface area contributed by atoms with Gasteiger partial charge < -0.3 is 5.32 Å². The molecule has 76 valence electrons. The van der Waals surface area contributed by atoms with E-state index in [0.717, 1.165) is 10.6 Å². The molecule has 1 aliphatic rings. The van der Waals surface area contributed by atoms with Crippen molar-refractivity contribution in [1.29, 1.82) is 0 Å². The van der Waals surface area contributed by atoms with E-state index in [1.807, 2.05) is 36.0 Å². The second-order valence-electron chi connectivity index (χ2n) is 3.36. The van der Waals surface area contributed by atoms with Crippen LogP contribution in [0, 0.1) is 0 Å². The number of thioether (sulfide) groups is 1. The van der Waals surface area contributed by atoms with Crippen molar-refractivity contribution in [3.05, 3.63) is 24.3 Å². The fourth-order valence-electron chi connectivity index (χ4n) is 1.30. The van der Waals surface area contributed by atoms with Crippen LogP contribution < -0.4 is 5.32 Å². The predicted octanol–water partition coefficient (Wildman–Crippen LogP) is 1.95. The molecule has 1 N–H and O–H groups in total. The second-order valence-corrected chi connectivity index (χ2v) is 5.81. The Bertz CT molecular complexity index is 332. The molecule has 0 aromatic heterocycles. The number of hydrogen-bond donors (Lipinski definition) is 1. The summed E-state index contributed by atoms with van der Waals surface area (Å²) < 4.78 is 11.1. The maximum atomic E-state index is 11.1. The average molecular weight is 227 g/mol. The minimum absolute atomic E-state index is 0.623. The smallest absolute Gasteiger partial charge is 0.0498 e. The number of rotatable bonds is 3. The third-order valence-corrected chi connectivity index (χ3v) is 4.41. The number of benzene rings is 1. The van der Waals surface area contributed by atoms with Crippen LogP contribution in [0.15, 0.2) is 29.2 Å². The molecule has 1 aliphatic heterocycles. The molecule has 0 saturated carbocycles. The molecule has 1 saturated heterocycles. The summed E-state index contributed by atoms with van der Waals surface area (Å²) in [6.45, 7) is 0. The monoisotopic (exact) mass is 227 g/mol. The molecule has 0 spiro atoms. The number of nitrogens with one attached hydrogen (secondary N) is 1. The van der Waals surface area contributed by atoms with Crippen molar-refractivity contribution in [2.24, 2.45) is 0 Å². The zero-order valence-corrected chi connectivity index (χ0v) is 9.66. The maximum absolute atomic E-state index is 11.1. The molecule has 1 aromatic carbocycles. The van der Waals surface area contributed by atoms with Crippen LogP contribution >= 0.6 is 11.8 Å². The van der Waals surface area contributed by atoms with Crippen molar-refractivity contribution in [1.82, 2.24) is 0 Å². The zero-order valence-electron chi connectivity index (χ0n) is 8.03. The highest BCUT2D eigenvalue weighted by atomic mass is 32.2. The lowest BCUT2D eigenvalue weighted by atomic mass is 10.3. The molecule has 2 nitrogen and oxygen atoms in total. The third kappa shape index (κ3) is 2.30. The maximum Gasteiger partial charge on any atom is 0.0498 e. The van der Waals surface area contributed by atoms with Crippen LogP contribution in [0.5, 0.6) is 0 Å². The Kier molecular flexibility index (Phi) is 3.13. The molecule has 1 aromatic rings. The standard InChI is InChI=1S/C10H13NOS2/c1-14(12)10-4-2-8(3-5-10)11-9-6-13-7-9/h2-5,9,11H,6-7H2,1H3. The highest BCUT2D eigenvalue weighted by Crippen LogP contribution is 2.22. The highest BCUT2D eigenvalue weighted by molar-refractivity contribution is 8.00. The van der Waals surface area contributed by atoms with Crippen LogP contribution in [0.3, 0.4) is 0 Å². The van der Waals surface area contributed by atoms with Crippen LogP contribution in [0.25, 0.3) is 0 Å². The van der Waals surface area contributed by atoms with Gasteiger partial charge in [-0.1, -0.05) is 0 Å². The SMILES string of the molecule is CS(=O)c1ccc(NC2CSC2)cc1. The van der Waals surface area contributed by atoms with Gasteiger partial charge in [-0.3, -0.25) is 4.21 Å². The summed E-state index contributed by atoms with van der Waals surface area (Å²) in [5.41, 5.74) is 1.13. The van der Waals surface area contributed by atoms with Crippen LogP contribution in [0.1, 0.15) is 0 Å². The van der Waals surface area contributed by atoms with Gasteiger partial charge in [0, 0.05) is 45.2 Å². The van der Waals surface area contributed by atoms with E-state index in [1.165, 1.54) is 11.5 Å². The molecule has 0 amide bonds. The van der Waals surface area contributed by atoms with Crippen molar-refractivity contribution in [3.63, 3.8) is 0 Å². The van der Waals surface area contributed by atoms with Crippen molar-refractivity contribution >= 4 is 28.2 Å². The summed E-state index contributed by atoms with van der Waals surface area (Å²) >= 11 is 1.96. The number of hydrogen-bond acceptors (Lipinski definition) is 3. The van der Waals surface area contributed by atoms with Gasteiger partial charge in [-0.2, -0.15) is 11.8 Å². The summed E-state index contributed by atoms with van der Waals surface area (Å²) in [6.07, 6.45) is 1.70. The first-order valence-corrected chi connectivity index (χ1v) is 7.25. The molecular formula is C10H13NOS2. The van der Waals surface area contributed by atoms with Gasteiger partial charge in [0.2, 0.25) is 0 Å². The van der Waals surface area contributed by atoms with E-state index < -0.39 is 10.8 Å². The second kappa shape index (κ2) is 4.36. The van der Waals surface area contributed by atoms with E-state index in [9.17, 15) is 4.21 Å². The Morgan fingerprint density at radius 3 is 2.43 bits per heavy atom. The van der Waals surface area contributed by atoms with E-state index in [0.29, 0.717) is 6.04 Å². The van der Waals surface area contributed by atoms with E-state index in [-0.39, 0.29) is 0 Å². The summed E-state index contributed by atoms with van der Waals surface area (Å²) in [5.74, 6) is 2.39. The first kappa shape index (κ1) is 10.1. The summed E-state index contributed by atoms with van der Waals surface area (Å²) in [6, 6.07) is 8.46. The fourth-order valence-corrected chi connectivity index (χ4v) is 2.45. The molecular weight excluding hydrogens is 214 g/mol. The lowest BCUT2D eigenvalue weighted by molar-refractivity contribution is 0.687. The van der Waals surface area contributed by atoms with Crippen molar-refractivity contribution < 1.29 is 4.21 Å². The molecule has 0 radical (unpaired) electrons. The summed E-state index contributed by atoms with van der Waals surface area (Å²) in [5, 5.41) is 3.42. The molecule has 1 heterocycles. The van der Waals surface area contributed by atoms with Crippen LogP contribution in [0.2, 0.25) is 0 Å². The molecule has 4 heteroatoms. The molecule has 0 bridgehead atoms. The lowest BCUT2D eigenvalue weighted by Gasteiger charge is -2.26. The van der Waals surface area contributed by atoms with Crippen molar-refractivity contribution in [3.8, 4) is 0 Å². The van der Waals surface area contributed by atoms with E-state index in [4.69, 9.17) is 0 Å². The largest absolute Gasteiger partial charge is 0.381 e. The summed E-state index contributed by atoms with van der Waals surface area (Å²) in [4.78, 5) is 0.888. The van der Waals surface area contributed by atoms with E-state index in [1.54, 1.807) is 6.26 Å². The van der Waals surface area contributed by atoms with Crippen LogP contribution in [0.4, 0.5) is 5.69 Å². The topological polar surface area (TPSA) is 29.1 Å². The van der Waals surface area contributed by atoms with E-state index >= 15 is 0 Å². The molecule has 1 fully saturated rings. The average Bonchev–Trinajstić information content (AvgIpc) is 2.12. The third-order valence-electron chi connectivity index (χ3n) is 2.20. The summed E-state index contributed by atoms with van der Waals surface area (Å²) in [7, 11) is -0.870. The van der Waals surface area contributed by atoms with Gasteiger partial charge >= 0.3 is 0 Å². The highest BCUT2D eigenvalue weighted by Gasteiger charge is 2.17. The van der Waals surface area contributed by atoms with Crippen LogP contribution in [-0.4, -0.2) is 28.0 Å². The molecule has 14 heavy (non-hydrogen) atoms. The normalized spacial score (nSPS) is 18.6. The predicted molar refractivity (Wildman–Crippen MR) is 63.5 cm³/mol. The number of anilines is 1. The molecule has 2 rings (SSSR count). The molecule has 1 unspecified atom stereocenters. The Labute approximate surface area is 90.9 Å². The minimum Gasteiger partial charge on any atom is -0.381 e. The Balaban J connectivity index is 2.01. The van der Waals surface area contributed by atoms with Gasteiger partial charge in [-0.15, -0.1) is 0 Å². The van der Waals surface area contributed by atoms with Gasteiger partial charge in [-0.25, -0.2) is 0 Å². The zero-order chi connectivity index (χ0) is 9.97. The van der Waals surface area contributed by atoms with Crippen LogP contribution in [-0.2, 0) is 10.8 Å². The Hall–Kier alpha value is -0.480. The van der Waals surface area contributed by atoms with Gasteiger partial charge in [0.1, 0.15) is 0 Å². The quantitative estimate of drug-likeness (QED) is 0.856. The van der Waals surface area contributed by atoms with Crippen molar-refractivity contribution in [2.45, 2.75) is 10.9 Å². The first-order chi connectivity index (χ1) is 6.75. The van der Waals surface area contributed by atoms with Gasteiger partial charge in [0.15, 0.2) is 0 Å². The Morgan fingerprint density at radius 1 is 1.36 bits per heavy atom. The van der Waals surface area contributed by atoms with Gasteiger partial charge in [0.05, 0.1) is 0 Å². The Morgan fingerprint density at radius 2 is 2.00 bits per heavy atom. The fraction of sp³-hybridized carbons (Fsp3) is 0.400. The first-order valence-electron chi connectivity index (χ1n) is 4.53. The van der Waals surface area contributed by atoms with Gasteiger partial charge in [0.25, 0.3) is 0 Å². The van der Waals surface area contributed by atoms with Crippen molar-refractivity contribution in [2.75, 3.05) is 23.1 Å². The lowest BCUT2D eigenvalue weighted by Crippen LogP contribution is -2.33. The van der Waals surface area contributed by atoms with Gasteiger partial charge in [-0.05, 0) is 24.3 Å². The minimum atomic E-state index is -0.870. The van der Waals surface area contributed by atoms with E-state index in [2.05, 4.69) is 5.32 Å².